The van der Waals surface area contributed by atoms with Crippen LogP contribution in [0.3, 0.4) is 0 Å². The predicted octanol–water partition coefficient (Wildman–Crippen LogP) is 5.35. The number of hydrogen-bond donors (Lipinski definition) is 1. The van der Waals surface area contributed by atoms with Crippen molar-refractivity contribution in [1.82, 2.24) is 4.90 Å². The number of carbonyl (C=O) groups is 2. The SMILES string of the molecule is COc1cc(NC(=O)OCCS(=O)(=O)c2ccccc2)c(C(=O)N2CCC[C@H]2CO[Si](C)(C)C(C)(C)C)cc1OC. The molecule has 1 heterocycles. The summed E-state index contributed by atoms with van der Waals surface area (Å²) in [5.41, 5.74) is 0.371. The van der Waals surface area contributed by atoms with E-state index in [1.807, 2.05) is 0 Å². The summed E-state index contributed by atoms with van der Waals surface area (Å²) in [6.07, 6.45) is 0.758. The highest BCUT2D eigenvalue weighted by molar-refractivity contribution is 7.91. The predicted molar refractivity (Wildman–Crippen MR) is 160 cm³/mol. The van der Waals surface area contributed by atoms with Crippen LogP contribution in [0, 0.1) is 0 Å². The lowest BCUT2D eigenvalue weighted by atomic mass is 10.1. The molecule has 3 rings (SSSR count). The summed E-state index contributed by atoms with van der Waals surface area (Å²) in [6, 6.07) is 10.9. The second-order valence-corrected chi connectivity index (χ2v) is 18.4. The topological polar surface area (TPSA) is 120 Å². The smallest absolute Gasteiger partial charge is 0.411 e. The number of likely N-dealkylation sites (tertiary alicyclic amines) is 1. The maximum atomic E-state index is 13.9. The first-order valence-electron chi connectivity index (χ1n) is 13.6. The molecule has 0 unspecified atom stereocenters. The van der Waals surface area contributed by atoms with Gasteiger partial charge in [0.05, 0.1) is 48.8 Å². The third kappa shape index (κ3) is 8.01. The number of carbonyl (C=O) groups excluding carboxylic acids is 2. The zero-order chi connectivity index (χ0) is 30.4. The van der Waals surface area contributed by atoms with E-state index >= 15 is 0 Å². The summed E-state index contributed by atoms with van der Waals surface area (Å²) in [7, 11) is -2.73. The third-order valence-corrected chi connectivity index (χ3v) is 14.0. The van der Waals surface area contributed by atoms with Gasteiger partial charge in [0.2, 0.25) is 0 Å². The molecule has 0 aliphatic carbocycles. The van der Waals surface area contributed by atoms with Crippen molar-refractivity contribution < 1.29 is 36.6 Å². The van der Waals surface area contributed by atoms with Crippen LogP contribution in [0.15, 0.2) is 47.4 Å². The fraction of sp³-hybridized carbons (Fsp3) is 0.517. The minimum atomic E-state index is -3.62. The Morgan fingerprint density at radius 3 is 2.29 bits per heavy atom. The van der Waals surface area contributed by atoms with Crippen molar-refractivity contribution >= 4 is 35.8 Å². The van der Waals surface area contributed by atoms with Crippen molar-refractivity contribution in [3.8, 4) is 11.5 Å². The number of nitrogens with one attached hydrogen (secondary N) is 1. The van der Waals surface area contributed by atoms with Crippen molar-refractivity contribution in [3.63, 3.8) is 0 Å². The van der Waals surface area contributed by atoms with Crippen LogP contribution in [0.1, 0.15) is 44.0 Å². The molecule has 10 nitrogen and oxygen atoms in total. The second kappa shape index (κ2) is 13.3. The molecule has 12 heteroatoms. The molecular weight excluding hydrogens is 564 g/mol. The number of hydrogen-bond acceptors (Lipinski definition) is 8. The van der Waals surface area contributed by atoms with Crippen LogP contribution in [0.25, 0.3) is 0 Å². The summed E-state index contributed by atoms with van der Waals surface area (Å²) in [6.45, 7) is 11.5. The average molecular weight is 607 g/mol. The molecule has 226 valence electrons. The number of anilines is 1. The summed E-state index contributed by atoms with van der Waals surface area (Å²) in [5, 5.41) is 2.64. The van der Waals surface area contributed by atoms with Gasteiger partial charge in [-0.2, -0.15) is 0 Å². The number of nitrogens with zero attached hydrogens (tertiary/aromatic N) is 1. The lowest BCUT2D eigenvalue weighted by molar-refractivity contribution is 0.0684. The van der Waals surface area contributed by atoms with Crippen LogP contribution < -0.4 is 14.8 Å². The maximum Gasteiger partial charge on any atom is 0.411 e. The van der Waals surface area contributed by atoms with E-state index in [4.69, 9.17) is 18.6 Å². The van der Waals surface area contributed by atoms with E-state index in [1.54, 1.807) is 23.1 Å². The van der Waals surface area contributed by atoms with Gasteiger partial charge in [-0.25, -0.2) is 13.2 Å². The van der Waals surface area contributed by atoms with Crippen LogP contribution in [-0.4, -0.2) is 79.4 Å². The van der Waals surface area contributed by atoms with Gasteiger partial charge in [-0.15, -0.1) is 0 Å². The molecule has 2 aromatic carbocycles. The van der Waals surface area contributed by atoms with E-state index in [0.717, 1.165) is 12.8 Å². The molecule has 1 fully saturated rings. The molecule has 0 bridgehead atoms. The highest BCUT2D eigenvalue weighted by Gasteiger charge is 2.39. The Kier molecular flexibility index (Phi) is 10.5. The summed E-state index contributed by atoms with van der Waals surface area (Å²) in [5.74, 6) is -0.0253. The Morgan fingerprint density at radius 1 is 1.05 bits per heavy atom. The fourth-order valence-corrected chi connectivity index (χ4v) is 6.40. The van der Waals surface area contributed by atoms with Crippen molar-refractivity contribution in [3.05, 3.63) is 48.0 Å². The zero-order valence-electron chi connectivity index (χ0n) is 25.0. The molecule has 2 aromatic rings. The minimum Gasteiger partial charge on any atom is -0.493 e. The van der Waals surface area contributed by atoms with Gasteiger partial charge in [-0.3, -0.25) is 10.1 Å². The number of rotatable bonds is 11. The van der Waals surface area contributed by atoms with Crippen molar-refractivity contribution in [2.24, 2.45) is 0 Å². The molecule has 0 aromatic heterocycles. The average Bonchev–Trinajstić information content (AvgIpc) is 3.40. The maximum absolute atomic E-state index is 13.9. The Morgan fingerprint density at radius 2 is 1.68 bits per heavy atom. The largest absolute Gasteiger partial charge is 0.493 e. The van der Waals surface area contributed by atoms with Gasteiger partial charge in [0, 0.05) is 12.6 Å². The first kappa shape index (κ1) is 32.4. The summed E-state index contributed by atoms with van der Waals surface area (Å²) >= 11 is 0. The number of benzene rings is 2. The third-order valence-electron chi connectivity index (χ3n) is 7.76. The Hall–Kier alpha value is -3.09. The van der Waals surface area contributed by atoms with Crippen LogP contribution in [0.5, 0.6) is 11.5 Å². The minimum absolute atomic E-state index is 0.0433. The second-order valence-electron chi connectivity index (χ2n) is 11.5. The standard InChI is InChI=1S/C29H42N2O8SSi/c1-29(2,3)41(6,7)39-20-21-12-11-15-31(21)27(32)23-18-25(36-4)26(37-5)19-24(23)30-28(33)38-16-17-40(34,35)22-13-9-8-10-14-22/h8-10,13-14,18-19,21H,11-12,15-17,20H2,1-7H3,(H,30,33)/t21-/m0/s1. The van der Waals surface area contributed by atoms with Crippen molar-refractivity contribution in [2.45, 2.75) is 62.7 Å². The van der Waals surface area contributed by atoms with Gasteiger partial charge < -0.3 is 23.5 Å². The van der Waals surface area contributed by atoms with Gasteiger partial charge in [-0.05, 0) is 49.2 Å². The van der Waals surface area contributed by atoms with E-state index in [1.165, 1.54) is 38.5 Å². The van der Waals surface area contributed by atoms with Gasteiger partial charge in [0.25, 0.3) is 5.91 Å². The molecule has 1 aliphatic heterocycles. The van der Waals surface area contributed by atoms with Crippen molar-refractivity contribution in [2.75, 3.05) is 45.0 Å². The molecule has 1 atom stereocenters. The monoisotopic (exact) mass is 606 g/mol. The first-order valence-corrected chi connectivity index (χ1v) is 18.2. The van der Waals surface area contributed by atoms with Crippen LogP contribution in [-0.2, 0) is 19.0 Å². The van der Waals surface area contributed by atoms with E-state index in [2.05, 4.69) is 39.2 Å². The molecule has 1 saturated heterocycles. The van der Waals surface area contributed by atoms with Gasteiger partial charge in [0.1, 0.15) is 6.61 Å². The molecule has 41 heavy (non-hydrogen) atoms. The molecule has 0 radical (unpaired) electrons. The normalized spacial score (nSPS) is 15.9. The van der Waals surface area contributed by atoms with Gasteiger partial charge >= 0.3 is 6.09 Å². The molecule has 0 spiro atoms. The number of methoxy groups -OCH3 is 2. The molecule has 1 aliphatic rings. The van der Waals surface area contributed by atoms with Gasteiger partial charge in [0.15, 0.2) is 29.7 Å². The fourth-order valence-electron chi connectivity index (χ4n) is 4.25. The molecule has 1 N–H and O–H groups in total. The van der Waals surface area contributed by atoms with Crippen molar-refractivity contribution in [1.29, 1.82) is 0 Å². The first-order chi connectivity index (χ1) is 19.2. The van der Waals surface area contributed by atoms with E-state index in [-0.39, 0.29) is 45.5 Å². The van der Waals surface area contributed by atoms with E-state index in [9.17, 15) is 18.0 Å². The Labute approximate surface area is 244 Å². The van der Waals surface area contributed by atoms with Gasteiger partial charge in [-0.1, -0.05) is 39.0 Å². The lowest BCUT2D eigenvalue weighted by Gasteiger charge is -2.38. The Bertz CT molecular complexity index is 1330. The molecular formula is C29H42N2O8SSi. The Balaban J connectivity index is 1.77. The number of amides is 2. The number of sulfone groups is 1. The lowest BCUT2D eigenvalue weighted by Crippen LogP contribution is -2.46. The van der Waals surface area contributed by atoms with Crippen LogP contribution in [0.4, 0.5) is 10.5 Å². The molecule has 0 saturated carbocycles. The highest BCUT2D eigenvalue weighted by atomic mass is 32.2. The van der Waals surface area contributed by atoms with E-state index < -0.39 is 24.2 Å². The summed E-state index contributed by atoms with van der Waals surface area (Å²) < 4.78 is 47.5. The van der Waals surface area contributed by atoms with Crippen LogP contribution >= 0.6 is 0 Å². The van der Waals surface area contributed by atoms with Crippen LogP contribution in [0.2, 0.25) is 18.1 Å². The zero-order valence-corrected chi connectivity index (χ0v) is 26.8. The highest BCUT2D eigenvalue weighted by Crippen LogP contribution is 2.38. The molecule has 2 amide bonds. The number of ether oxygens (including phenoxy) is 3. The quantitative estimate of drug-likeness (QED) is 0.340. The summed E-state index contributed by atoms with van der Waals surface area (Å²) in [4.78, 5) is 28.5. The van der Waals surface area contributed by atoms with E-state index in [0.29, 0.717) is 24.7 Å².